The van der Waals surface area contributed by atoms with Gasteiger partial charge in [-0.1, -0.05) is 39.3 Å². The molecule has 208 valence electrons. The van der Waals surface area contributed by atoms with Crippen molar-refractivity contribution in [1.29, 1.82) is 0 Å². The van der Waals surface area contributed by atoms with E-state index in [1.807, 2.05) is 19.9 Å². The van der Waals surface area contributed by atoms with E-state index in [1.165, 1.54) is 6.92 Å². The van der Waals surface area contributed by atoms with Crippen LogP contribution in [-0.4, -0.2) is 45.6 Å². The lowest BCUT2D eigenvalue weighted by atomic mass is 9.36. The lowest BCUT2D eigenvalue weighted by Gasteiger charge is -2.69. The summed E-state index contributed by atoms with van der Waals surface area (Å²) in [5.74, 6) is -0.909. The van der Waals surface area contributed by atoms with Crippen LogP contribution in [0.4, 0.5) is 0 Å². The Morgan fingerprint density at radius 3 is 2.30 bits per heavy atom. The number of carbonyl (C=O) groups is 2. The standard InChI is InChI=1S/C31H48O6/c1-17(2)9-8-10-20(28(35)36)26-22-15-24(34)27-29(5)13-12-23(33)18(3)21(29)11-14-30(27,6)31(22,7)16-25(26)37-19(4)32/h9,18,21-25,27,33-34H,8,10-16H2,1-7H3,(H,35,36)/b26-20-/t18-,21-,22-,23?,24?,25-,27-,29-,30-,31-/m0/s1. The third kappa shape index (κ3) is 4.40. The molecule has 3 N–H and O–H groups in total. The SMILES string of the molecule is CC(=O)O[C@H]1C[C@@]2(C)[C@@H](CC(O)[C@H]3[C@@]4(C)CCC(O)[C@@H](C)[C@@H]4CC[C@@]32C)/C1=C(\CCC=C(C)C)C(=O)O. The summed E-state index contributed by atoms with van der Waals surface area (Å²) in [5, 5.41) is 32.9. The van der Waals surface area contributed by atoms with Crippen molar-refractivity contribution in [2.24, 2.45) is 39.9 Å². The van der Waals surface area contributed by atoms with Crippen LogP contribution in [0.2, 0.25) is 0 Å². The van der Waals surface area contributed by atoms with Crippen molar-refractivity contribution in [1.82, 2.24) is 0 Å². The van der Waals surface area contributed by atoms with Gasteiger partial charge in [0.25, 0.3) is 0 Å². The van der Waals surface area contributed by atoms with Gasteiger partial charge in [0, 0.05) is 12.5 Å². The Morgan fingerprint density at radius 2 is 1.70 bits per heavy atom. The fourth-order valence-electron chi connectivity index (χ4n) is 9.79. The van der Waals surface area contributed by atoms with Crippen LogP contribution in [0.3, 0.4) is 0 Å². The molecule has 0 saturated heterocycles. The molecule has 0 aliphatic heterocycles. The summed E-state index contributed by atoms with van der Waals surface area (Å²) in [7, 11) is 0. The van der Waals surface area contributed by atoms with E-state index < -0.39 is 24.1 Å². The summed E-state index contributed by atoms with van der Waals surface area (Å²) in [6, 6.07) is 0. The minimum absolute atomic E-state index is 0.0474. The lowest BCUT2D eigenvalue weighted by Crippen LogP contribution is -2.65. The fourth-order valence-corrected chi connectivity index (χ4v) is 9.79. The Bertz CT molecular complexity index is 994. The molecule has 4 aliphatic carbocycles. The Hall–Kier alpha value is -1.66. The number of rotatable bonds is 5. The molecule has 4 saturated carbocycles. The molecule has 10 atom stereocenters. The van der Waals surface area contributed by atoms with Crippen molar-refractivity contribution in [2.75, 3.05) is 0 Å². The van der Waals surface area contributed by atoms with Gasteiger partial charge in [-0.15, -0.1) is 0 Å². The molecule has 6 heteroatoms. The number of carboxylic acids is 1. The van der Waals surface area contributed by atoms with E-state index >= 15 is 0 Å². The highest BCUT2D eigenvalue weighted by atomic mass is 16.5. The number of aliphatic hydroxyl groups is 2. The van der Waals surface area contributed by atoms with Crippen LogP contribution in [0.1, 0.15) is 99.8 Å². The van der Waals surface area contributed by atoms with Crippen molar-refractivity contribution < 1.29 is 29.6 Å². The predicted octanol–water partition coefficient (Wildman–Crippen LogP) is 5.67. The lowest BCUT2D eigenvalue weighted by molar-refractivity contribution is -0.234. The number of aliphatic carboxylic acids is 1. The number of fused-ring (bicyclic) bond motifs is 5. The molecule has 0 amide bonds. The molecule has 4 rings (SSSR count). The minimum atomic E-state index is -0.953. The quantitative estimate of drug-likeness (QED) is 0.247. The molecule has 0 heterocycles. The third-order valence-electron chi connectivity index (χ3n) is 11.6. The van der Waals surface area contributed by atoms with Gasteiger partial charge in [-0.3, -0.25) is 4.79 Å². The second kappa shape index (κ2) is 9.82. The first kappa shape index (κ1) is 28.4. The number of carbonyl (C=O) groups excluding carboxylic acids is 1. The topological polar surface area (TPSA) is 104 Å². The highest BCUT2D eigenvalue weighted by Gasteiger charge is 2.70. The Balaban J connectivity index is 1.82. The van der Waals surface area contributed by atoms with Crippen LogP contribution >= 0.6 is 0 Å². The normalized spacial score (nSPS) is 46.2. The summed E-state index contributed by atoms with van der Waals surface area (Å²) in [6.45, 7) is 14.5. The fraction of sp³-hybridized carbons (Fsp3) is 0.806. The average Bonchev–Trinajstić information content (AvgIpc) is 3.05. The zero-order valence-corrected chi connectivity index (χ0v) is 23.8. The molecule has 2 unspecified atom stereocenters. The van der Waals surface area contributed by atoms with Crippen LogP contribution in [0.15, 0.2) is 22.8 Å². The summed E-state index contributed by atoms with van der Waals surface area (Å²) in [5.41, 5.74) is 1.57. The van der Waals surface area contributed by atoms with Crippen LogP contribution in [0.25, 0.3) is 0 Å². The van der Waals surface area contributed by atoms with Gasteiger partial charge < -0.3 is 20.1 Å². The predicted molar refractivity (Wildman–Crippen MR) is 143 cm³/mol. The Morgan fingerprint density at radius 1 is 1.03 bits per heavy atom. The van der Waals surface area contributed by atoms with E-state index in [9.17, 15) is 24.9 Å². The zero-order chi connectivity index (χ0) is 27.5. The maximum Gasteiger partial charge on any atom is 0.331 e. The van der Waals surface area contributed by atoms with Crippen molar-refractivity contribution >= 4 is 11.9 Å². The van der Waals surface area contributed by atoms with Crippen LogP contribution in [0, 0.1) is 39.9 Å². The maximum absolute atomic E-state index is 12.6. The van der Waals surface area contributed by atoms with Crippen molar-refractivity contribution in [3.05, 3.63) is 22.8 Å². The van der Waals surface area contributed by atoms with E-state index in [0.717, 1.165) is 36.8 Å². The number of ether oxygens (including phenoxy) is 1. The van der Waals surface area contributed by atoms with Gasteiger partial charge in [0.05, 0.1) is 12.2 Å². The Kier molecular flexibility index (Phi) is 7.53. The third-order valence-corrected chi connectivity index (χ3v) is 11.6. The molecule has 6 nitrogen and oxygen atoms in total. The van der Waals surface area contributed by atoms with Gasteiger partial charge in [0.15, 0.2) is 0 Å². The number of esters is 1. The number of carboxylic acid groups (broad SMARTS) is 1. The van der Waals surface area contributed by atoms with Gasteiger partial charge >= 0.3 is 11.9 Å². The average molecular weight is 517 g/mol. The highest BCUT2D eigenvalue weighted by molar-refractivity contribution is 5.88. The summed E-state index contributed by atoms with van der Waals surface area (Å²) in [6.07, 6.45) is 6.22. The van der Waals surface area contributed by atoms with Crippen molar-refractivity contribution in [3.63, 3.8) is 0 Å². The van der Waals surface area contributed by atoms with Gasteiger partial charge in [0.2, 0.25) is 0 Å². The molecular weight excluding hydrogens is 468 g/mol. The first-order chi connectivity index (χ1) is 17.2. The van der Waals surface area contributed by atoms with Gasteiger partial charge in [-0.25, -0.2) is 4.79 Å². The molecular formula is C31H48O6. The van der Waals surface area contributed by atoms with E-state index in [2.05, 4.69) is 27.7 Å². The number of aliphatic hydroxyl groups excluding tert-OH is 2. The summed E-state index contributed by atoms with van der Waals surface area (Å²) >= 11 is 0. The van der Waals surface area contributed by atoms with Gasteiger partial charge in [-0.05, 0) is 111 Å². The molecule has 0 aromatic heterocycles. The molecule has 4 fully saturated rings. The molecule has 0 spiro atoms. The summed E-state index contributed by atoms with van der Waals surface area (Å²) in [4.78, 5) is 24.8. The second-order valence-electron chi connectivity index (χ2n) is 13.6. The van der Waals surface area contributed by atoms with Crippen LogP contribution in [0.5, 0.6) is 0 Å². The van der Waals surface area contributed by atoms with E-state index in [4.69, 9.17) is 4.74 Å². The zero-order valence-electron chi connectivity index (χ0n) is 23.8. The smallest absolute Gasteiger partial charge is 0.331 e. The first-order valence-electron chi connectivity index (χ1n) is 14.3. The van der Waals surface area contributed by atoms with E-state index in [0.29, 0.717) is 37.2 Å². The van der Waals surface area contributed by atoms with E-state index in [-0.39, 0.29) is 40.1 Å². The molecule has 0 radical (unpaired) electrons. The second-order valence-corrected chi connectivity index (χ2v) is 13.6. The number of hydrogen-bond donors (Lipinski definition) is 3. The molecule has 0 aromatic rings. The molecule has 37 heavy (non-hydrogen) atoms. The summed E-state index contributed by atoms with van der Waals surface area (Å²) < 4.78 is 5.87. The molecule has 4 aliphatic rings. The number of hydrogen-bond acceptors (Lipinski definition) is 5. The largest absolute Gasteiger partial charge is 0.478 e. The van der Waals surface area contributed by atoms with Crippen LogP contribution < -0.4 is 0 Å². The maximum atomic E-state index is 12.6. The van der Waals surface area contributed by atoms with Crippen molar-refractivity contribution in [2.45, 2.75) is 118 Å². The minimum Gasteiger partial charge on any atom is -0.478 e. The van der Waals surface area contributed by atoms with E-state index in [1.54, 1.807) is 0 Å². The first-order valence-corrected chi connectivity index (χ1v) is 14.3. The van der Waals surface area contributed by atoms with Crippen LogP contribution in [-0.2, 0) is 14.3 Å². The molecule has 0 bridgehead atoms. The monoisotopic (exact) mass is 516 g/mol. The van der Waals surface area contributed by atoms with Gasteiger partial charge in [0.1, 0.15) is 6.10 Å². The van der Waals surface area contributed by atoms with Gasteiger partial charge in [-0.2, -0.15) is 0 Å². The number of allylic oxidation sites excluding steroid dienone is 2. The Labute approximate surface area is 222 Å². The molecule has 0 aromatic carbocycles. The van der Waals surface area contributed by atoms with Crippen molar-refractivity contribution in [3.8, 4) is 0 Å². The highest BCUT2D eigenvalue weighted by Crippen LogP contribution is 2.74.